The fourth-order valence-corrected chi connectivity index (χ4v) is 3.23. The Kier molecular flexibility index (Phi) is 5.46. The van der Waals surface area contributed by atoms with Gasteiger partial charge in [0.2, 0.25) is 0 Å². The third-order valence-electron chi connectivity index (χ3n) is 4.54. The van der Waals surface area contributed by atoms with E-state index in [1.165, 1.54) is 23.4 Å². The largest absolute Gasteiger partial charge is 0.469 e. The summed E-state index contributed by atoms with van der Waals surface area (Å²) in [5, 5.41) is 6.06. The molecule has 0 saturated heterocycles. The predicted octanol–water partition coefficient (Wildman–Crippen LogP) is 4.79. The molecule has 1 N–H and O–H groups in total. The van der Waals surface area contributed by atoms with Crippen LogP contribution in [-0.4, -0.2) is 13.1 Å². The van der Waals surface area contributed by atoms with E-state index in [1.807, 2.05) is 36.4 Å². The van der Waals surface area contributed by atoms with Gasteiger partial charge in [-0.2, -0.15) is 0 Å². The lowest BCUT2D eigenvalue weighted by Crippen LogP contribution is -2.27. The Hall–Kier alpha value is -2.65. The van der Waals surface area contributed by atoms with Gasteiger partial charge >= 0.3 is 5.97 Å². The van der Waals surface area contributed by atoms with Gasteiger partial charge < -0.3 is 10.1 Å². The molecule has 0 aromatic heterocycles. The third-order valence-corrected chi connectivity index (χ3v) is 4.54. The lowest BCUT2D eigenvalue weighted by molar-refractivity contribution is -0.141. The lowest BCUT2D eigenvalue weighted by Gasteiger charge is -2.24. The van der Waals surface area contributed by atoms with Crippen LogP contribution in [0.5, 0.6) is 0 Å². The minimum Gasteiger partial charge on any atom is -0.469 e. The molecule has 3 heteroatoms. The Morgan fingerprint density at radius 1 is 0.960 bits per heavy atom. The van der Waals surface area contributed by atoms with Crippen LogP contribution in [-0.2, 0) is 9.53 Å². The van der Waals surface area contributed by atoms with Crippen LogP contribution in [0.25, 0.3) is 10.8 Å². The first kappa shape index (κ1) is 17.2. The van der Waals surface area contributed by atoms with E-state index in [-0.39, 0.29) is 18.1 Å². The van der Waals surface area contributed by atoms with E-state index in [2.05, 4.69) is 48.6 Å². The van der Waals surface area contributed by atoms with Gasteiger partial charge in [-0.1, -0.05) is 72.8 Å². The van der Waals surface area contributed by atoms with E-state index in [9.17, 15) is 4.79 Å². The van der Waals surface area contributed by atoms with Crippen LogP contribution in [0, 0.1) is 0 Å². The molecule has 3 nitrogen and oxygen atoms in total. The molecule has 3 rings (SSSR count). The first-order valence-electron chi connectivity index (χ1n) is 8.54. The number of hydrogen-bond acceptors (Lipinski definition) is 3. The topological polar surface area (TPSA) is 38.3 Å². The van der Waals surface area contributed by atoms with Crippen molar-refractivity contribution in [3.05, 3.63) is 83.9 Å². The van der Waals surface area contributed by atoms with Crippen molar-refractivity contribution in [1.29, 1.82) is 0 Å². The van der Waals surface area contributed by atoms with Gasteiger partial charge in [0.25, 0.3) is 0 Å². The zero-order valence-electron chi connectivity index (χ0n) is 14.6. The van der Waals surface area contributed by atoms with Gasteiger partial charge in [0, 0.05) is 12.1 Å². The number of hydrogen-bond donors (Lipinski definition) is 1. The molecule has 3 aromatic carbocycles. The minimum atomic E-state index is -0.216. The molecule has 0 aliphatic rings. The highest BCUT2D eigenvalue weighted by Crippen LogP contribution is 2.27. The van der Waals surface area contributed by atoms with Gasteiger partial charge in [-0.05, 0) is 28.8 Å². The van der Waals surface area contributed by atoms with Crippen molar-refractivity contribution in [1.82, 2.24) is 5.32 Å². The number of carbonyl (C=O) groups excluding carboxylic acids is 1. The molecule has 2 unspecified atom stereocenters. The van der Waals surface area contributed by atoms with E-state index in [1.54, 1.807) is 0 Å². The van der Waals surface area contributed by atoms with Gasteiger partial charge in [0.15, 0.2) is 0 Å². The minimum absolute atomic E-state index is 0.0948. The zero-order chi connectivity index (χ0) is 17.6. The number of methoxy groups -OCH3 is 1. The van der Waals surface area contributed by atoms with Gasteiger partial charge in [-0.3, -0.25) is 4.79 Å². The van der Waals surface area contributed by atoms with Crippen molar-refractivity contribution in [2.45, 2.75) is 25.4 Å². The monoisotopic (exact) mass is 333 g/mol. The van der Waals surface area contributed by atoms with E-state index in [4.69, 9.17) is 4.74 Å². The quantitative estimate of drug-likeness (QED) is 0.659. The fraction of sp³-hybridized carbons (Fsp3) is 0.227. The molecule has 0 bridgehead atoms. The molecule has 0 amide bonds. The molecule has 0 saturated carbocycles. The predicted molar refractivity (Wildman–Crippen MR) is 101 cm³/mol. The van der Waals surface area contributed by atoms with Crippen molar-refractivity contribution in [2.75, 3.05) is 7.11 Å². The Balaban J connectivity index is 1.89. The Morgan fingerprint density at radius 3 is 2.40 bits per heavy atom. The second kappa shape index (κ2) is 7.95. The van der Waals surface area contributed by atoms with E-state index < -0.39 is 0 Å². The van der Waals surface area contributed by atoms with Crippen molar-refractivity contribution >= 4 is 16.7 Å². The summed E-state index contributed by atoms with van der Waals surface area (Å²) in [6.45, 7) is 2.13. The van der Waals surface area contributed by atoms with Crippen LogP contribution < -0.4 is 5.32 Å². The maximum Gasteiger partial charge on any atom is 0.307 e. The molecule has 25 heavy (non-hydrogen) atoms. The Bertz CT molecular complexity index is 840. The molecule has 3 aromatic rings. The summed E-state index contributed by atoms with van der Waals surface area (Å²) < 4.78 is 4.88. The van der Waals surface area contributed by atoms with Crippen molar-refractivity contribution in [3.63, 3.8) is 0 Å². The van der Waals surface area contributed by atoms with E-state index in [0.29, 0.717) is 6.42 Å². The molecule has 0 radical (unpaired) electrons. The molecule has 0 aliphatic heterocycles. The normalized spacial score (nSPS) is 13.4. The third kappa shape index (κ3) is 4.06. The first-order valence-corrected chi connectivity index (χ1v) is 8.54. The zero-order valence-corrected chi connectivity index (χ0v) is 14.6. The standard InChI is InChI=1S/C22H23NO2/c1-16(19-14-8-12-17-9-6-7-13-20(17)19)23-21(15-22(24)25-2)18-10-4-3-5-11-18/h3-14,16,21,23H,15H2,1-2H3. The van der Waals surface area contributed by atoms with Crippen LogP contribution in [0.2, 0.25) is 0 Å². The van der Waals surface area contributed by atoms with E-state index >= 15 is 0 Å². The SMILES string of the molecule is COC(=O)CC(NC(C)c1cccc2ccccc12)c1ccccc1. The lowest BCUT2D eigenvalue weighted by atomic mass is 9.97. The number of rotatable bonds is 6. The highest BCUT2D eigenvalue weighted by Gasteiger charge is 2.20. The molecule has 0 fully saturated rings. The second-order valence-electron chi connectivity index (χ2n) is 6.20. The highest BCUT2D eigenvalue weighted by molar-refractivity contribution is 5.86. The summed E-state index contributed by atoms with van der Waals surface area (Å²) in [5.41, 5.74) is 2.31. The Labute approximate surface area is 148 Å². The smallest absolute Gasteiger partial charge is 0.307 e. The molecule has 128 valence electrons. The maximum atomic E-state index is 11.9. The number of benzene rings is 3. The second-order valence-corrected chi connectivity index (χ2v) is 6.20. The van der Waals surface area contributed by atoms with E-state index in [0.717, 1.165) is 5.56 Å². The highest BCUT2D eigenvalue weighted by atomic mass is 16.5. The van der Waals surface area contributed by atoms with Crippen molar-refractivity contribution < 1.29 is 9.53 Å². The number of fused-ring (bicyclic) bond motifs is 1. The maximum absolute atomic E-state index is 11.9. The number of ether oxygens (including phenoxy) is 1. The summed E-state index contributed by atoms with van der Waals surface area (Å²) in [5.74, 6) is -0.216. The molecule has 0 aliphatic carbocycles. The van der Waals surface area contributed by atoms with Crippen LogP contribution in [0.3, 0.4) is 0 Å². The van der Waals surface area contributed by atoms with Crippen LogP contribution in [0.1, 0.15) is 36.6 Å². The van der Waals surface area contributed by atoms with Crippen LogP contribution in [0.4, 0.5) is 0 Å². The summed E-state index contributed by atoms with van der Waals surface area (Å²) in [7, 11) is 1.43. The van der Waals surface area contributed by atoms with Crippen molar-refractivity contribution in [3.8, 4) is 0 Å². The first-order chi connectivity index (χ1) is 12.2. The molecule has 2 atom stereocenters. The molecular weight excluding hydrogens is 310 g/mol. The molecule has 0 heterocycles. The number of nitrogens with one attached hydrogen (secondary N) is 1. The number of esters is 1. The molecule has 0 spiro atoms. The van der Waals surface area contributed by atoms with Crippen LogP contribution in [0.15, 0.2) is 72.8 Å². The van der Waals surface area contributed by atoms with Gasteiger partial charge in [0.1, 0.15) is 0 Å². The van der Waals surface area contributed by atoms with Crippen LogP contribution >= 0.6 is 0 Å². The molecular formula is C22H23NO2. The van der Waals surface area contributed by atoms with Gasteiger partial charge in [-0.25, -0.2) is 0 Å². The summed E-state index contributed by atoms with van der Waals surface area (Å²) >= 11 is 0. The Morgan fingerprint density at radius 2 is 1.64 bits per heavy atom. The van der Waals surface area contributed by atoms with Gasteiger partial charge in [-0.15, -0.1) is 0 Å². The fourth-order valence-electron chi connectivity index (χ4n) is 3.23. The summed E-state index contributed by atoms with van der Waals surface area (Å²) in [6.07, 6.45) is 0.301. The summed E-state index contributed by atoms with van der Waals surface area (Å²) in [6, 6.07) is 24.7. The average Bonchev–Trinajstić information content (AvgIpc) is 2.67. The summed E-state index contributed by atoms with van der Waals surface area (Å²) in [4.78, 5) is 11.9. The van der Waals surface area contributed by atoms with Crippen molar-refractivity contribution in [2.24, 2.45) is 0 Å². The number of carbonyl (C=O) groups is 1. The average molecular weight is 333 g/mol. The van der Waals surface area contributed by atoms with Gasteiger partial charge in [0.05, 0.1) is 13.5 Å².